The molecule has 0 spiro atoms. The lowest BCUT2D eigenvalue weighted by Crippen LogP contribution is -2.47. The molecule has 3 rings (SSSR count). The molecule has 0 aromatic heterocycles. The van der Waals surface area contributed by atoms with Crippen molar-refractivity contribution in [3.63, 3.8) is 0 Å². The van der Waals surface area contributed by atoms with Gasteiger partial charge in [0.1, 0.15) is 5.82 Å². The molecule has 2 aliphatic rings. The molecule has 22 heavy (non-hydrogen) atoms. The molecule has 5 nitrogen and oxygen atoms in total. The maximum atomic E-state index is 13.8. The van der Waals surface area contributed by atoms with Gasteiger partial charge in [0.15, 0.2) is 0 Å². The highest BCUT2D eigenvalue weighted by Gasteiger charge is 2.29. The quantitative estimate of drug-likeness (QED) is 0.930. The fraction of sp³-hybridized carbons (Fsp3) is 0.500. The van der Waals surface area contributed by atoms with Crippen molar-refractivity contribution in [2.75, 3.05) is 18.0 Å². The second kappa shape index (κ2) is 6.34. The lowest BCUT2D eigenvalue weighted by atomic mass is 10.0. The normalized spacial score (nSPS) is 22.2. The number of amides is 1. The van der Waals surface area contributed by atoms with Crippen molar-refractivity contribution in [3.8, 4) is 0 Å². The van der Waals surface area contributed by atoms with Gasteiger partial charge in [-0.3, -0.25) is 4.79 Å². The van der Waals surface area contributed by atoms with Gasteiger partial charge in [0, 0.05) is 25.6 Å². The summed E-state index contributed by atoms with van der Waals surface area (Å²) in [6, 6.07) is 6.91. The van der Waals surface area contributed by atoms with E-state index in [1.807, 2.05) is 17.9 Å². The monoisotopic (exact) mass is 305 g/mol. The average Bonchev–Trinajstić information content (AvgIpc) is 2.95. The van der Waals surface area contributed by atoms with Crippen molar-refractivity contribution >= 4 is 17.3 Å². The van der Waals surface area contributed by atoms with Crippen LogP contribution in [0.15, 0.2) is 29.4 Å². The third kappa shape index (κ3) is 3.21. The van der Waals surface area contributed by atoms with E-state index in [0.29, 0.717) is 12.1 Å². The molecular weight excluding hydrogens is 285 g/mol. The van der Waals surface area contributed by atoms with Crippen LogP contribution in [-0.4, -0.2) is 36.9 Å². The third-order valence-corrected chi connectivity index (χ3v) is 4.14. The molecule has 6 heteroatoms. The van der Waals surface area contributed by atoms with Gasteiger partial charge in [0.25, 0.3) is 5.91 Å². The molecule has 1 N–H and O–H groups in total. The number of carbonyl (C=O) groups excluding carboxylic acids is 1. The van der Waals surface area contributed by atoms with E-state index in [0.717, 1.165) is 31.6 Å². The Bertz CT molecular complexity index is 583. The molecule has 0 radical (unpaired) electrons. The second-order valence-electron chi connectivity index (χ2n) is 5.85. The summed E-state index contributed by atoms with van der Waals surface area (Å²) in [5.41, 5.74) is 1.48. The Morgan fingerprint density at radius 1 is 1.36 bits per heavy atom. The van der Waals surface area contributed by atoms with Gasteiger partial charge in [-0.05, 0) is 31.9 Å². The molecular formula is C16H20FN3O2. The van der Waals surface area contributed by atoms with E-state index in [1.54, 1.807) is 12.1 Å². The van der Waals surface area contributed by atoms with Gasteiger partial charge >= 0.3 is 0 Å². The summed E-state index contributed by atoms with van der Waals surface area (Å²) in [6.07, 6.45) is 1.66. The van der Waals surface area contributed by atoms with Crippen molar-refractivity contribution < 1.29 is 14.0 Å². The van der Waals surface area contributed by atoms with Gasteiger partial charge in [-0.15, -0.1) is 0 Å². The van der Waals surface area contributed by atoms with Crippen molar-refractivity contribution in [2.45, 2.75) is 38.3 Å². The van der Waals surface area contributed by atoms with Gasteiger partial charge in [0.05, 0.1) is 11.4 Å². The summed E-state index contributed by atoms with van der Waals surface area (Å²) < 4.78 is 13.8. The first-order chi connectivity index (χ1) is 10.6. The van der Waals surface area contributed by atoms with E-state index in [9.17, 15) is 9.18 Å². The first-order valence-corrected chi connectivity index (χ1v) is 7.62. The zero-order chi connectivity index (χ0) is 15.5. The van der Waals surface area contributed by atoms with E-state index >= 15 is 0 Å². The Balaban J connectivity index is 1.50. The van der Waals surface area contributed by atoms with E-state index in [2.05, 4.69) is 10.5 Å². The smallest absolute Gasteiger partial charge is 0.264 e. The fourth-order valence-electron chi connectivity index (χ4n) is 2.90. The van der Waals surface area contributed by atoms with Crippen LogP contribution >= 0.6 is 0 Å². The molecule has 2 aliphatic heterocycles. The van der Waals surface area contributed by atoms with Crippen LogP contribution in [0.25, 0.3) is 0 Å². The van der Waals surface area contributed by atoms with E-state index in [1.165, 1.54) is 6.07 Å². The summed E-state index contributed by atoms with van der Waals surface area (Å²) in [5.74, 6) is -0.304. The van der Waals surface area contributed by atoms with Crippen molar-refractivity contribution in [1.29, 1.82) is 0 Å². The van der Waals surface area contributed by atoms with Crippen LogP contribution in [-0.2, 0) is 9.63 Å². The summed E-state index contributed by atoms with van der Waals surface area (Å²) in [4.78, 5) is 19.2. The third-order valence-electron chi connectivity index (χ3n) is 4.14. The van der Waals surface area contributed by atoms with Crippen LogP contribution < -0.4 is 10.2 Å². The number of nitrogens with zero attached hydrogens (tertiary/aromatic N) is 2. The number of benzene rings is 1. The highest BCUT2D eigenvalue weighted by Crippen LogP contribution is 2.23. The van der Waals surface area contributed by atoms with Crippen molar-refractivity contribution in [1.82, 2.24) is 5.32 Å². The van der Waals surface area contributed by atoms with E-state index in [4.69, 9.17) is 4.84 Å². The Kier molecular flexibility index (Phi) is 4.27. The zero-order valence-electron chi connectivity index (χ0n) is 12.6. The number of halogens is 1. The number of hydrogen-bond acceptors (Lipinski definition) is 4. The number of oxime groups is 1. The summed E-state index contributed by atoms with van der Waals surface area (Å²) >= 11 is 0. The maximum absolute atomic E-state index is 13.8. The molecule has 1 unspecified atom stereocenters. The Morgan fingerprint density at radius 2 is 2.09 bits per heavy atom. The minimum Gasteiger partial charge on any atom is -0.382 e. The standard InChI is InChI=1S/C16H20FN3O2/c1-11-10-15(22-19-11)16(21)18-12-6-8-20(9-7-12)14-5-3-2-4-13(14)17/h2-5,12,15H,6-10H2,1H3,(H,18,21). The number of carbonyl (C=O) groups is 1. The topological polar surface area (TPSA) is 53.9 Å². The fourth-order valence-corrected chi connectivity index (χ4v) is 2.90. The summed E-state index contributed by atoms with van der Waals surface area (Å²) in [6.45, 7) is 3.31. The SMILES string of the molecule is CC1=NOC(C(=O)NC2CCN(c3ccccc3F)CC2)C1. The minimum atomic E-state index is -0.496. The Labute approximate surface area is 129 Å². The molecule has 1 saturated heterocycles. The van der Waals surface area contributed by atoms with Gasteiger partial charge in [-0.1, -0.05) is 17.3 Å². The highest BCUT2D eigenvalue weighted by atomic mass is 19.1. The lowest BCUT2D eigenvalue weighted by Gasteiger charge is -2.34. The number of para-hydroxylation sites is 1. The molecule has 0 saturated carbocycles. The number of anilines is 1. The molecule has 0 aliphatic carbocycles. The average molecular weight is 305 g/mol. The second-order valence-corrected chi connectivity index (χ2v) is 5.85. The molecule has 1 aromatic rings. The van der Waals surface area contributed by atoms with E-state index < -0.39 is 6.10 Å². The van der Waals surface area contributed by atoms with Crippen LogP contribution in [0, 0.1) is 5.82 Å². The zero-order valence-corrected chi connectivity index (χ0v) is 12.6. The Morgan fingerprint density at radius 3 is 2.73 bits per heavy atom. The predicted octanol–water partition coefficient (Wildman–Crippen LogP) is 2.08. The van der Waals surface area contributed by atoms with Gasteiger partial charge in [-0.25, -0.2) is 4.39 Å². The minimum absolute atomic E-state index is 0.107. The number of rotatable bonds is 3. The number of piperidine rings is 1. The van der Waals surface area contributed by atoms with Crippen LogP contribution in [0.5, 0.6) is 0 Å². The number of hydrogen-bond donors (Lipinski definition) is 1. The summed E-state index contributed by atoms with van der Waals surface area (Å²) in [5, 5.41) is 6.81. The predicted molar refractivity (Wildman–Crippen MR) is 82.4 cm³/mol. The molecule has 1 aromatic carbocycles. The first kappa shape index (κ1) is 14.8. The Hall–Kier alpha value is -2.11. The molecule has 0 bridgehead atoms. The maximum Gasteiger partial charge on any atom is 0.264 e. The lowest BCUT2D eigenvalue weighted by molar-refractivity contribution is -0.132. The largest absolute Gasteiger partial charge is 0.382 e. The van der Waals surface area contributed by atoms with E-state index in [-0.39, 0.29) is 17.8 Å². The van der Waals surface area contributed by atoms with Gasteiger partial charge in [-0.2, -0.15) is 0 Å². The van der Waals surface area contributed by atoms with Gasteiger partial charge < -0.3 is 15.1 Å². The van der Waals surface area contributed by atoms with Crippen LogP contribution in [0.4, 0.5) is 10.1 Å². The van der Waals surface area contributed by atoms with Crippen LogP contribution in [0.2, 0.25) is 0 Å². The molecule has 118 valence electrons. The highest BCUT2D eigenvalue weighted by molar-refractivity contribution is 5.91. The van der Waals surface area contributed by atoms with Gasteiger partial charge in [0.2, 0.25) is 6.10 Å². The van der Waals surface area contributed by atoms with Crippen molar-refractivity contribution in [3.05, 3.63) is 30.1 Å². The van der Waals surface area contributed by atoms with Crippen molar-refractivity contribution in [2.24, 2.45) is 5.16 Å². The first-order valence-electron chi connectivity index (χ1n) is 7.62. The van der Waals surface area contributed by atoms with Crippen LogP contribution in [0.1, 0.15) is 26.2 Å². The van der Waals surface area contributed by atoms with Crippen LogP contribution in [0.3, 0.4) is 0 Å². The molecule has 1 fully saturated rings. The molecule has 2 heterocycles. The molecule has 1 atom stereocenters. The number of nitrogens with one attached hydrogen (secondary N) is 1. The summed E-state index contributed by atoms with van der Waals surface area (Å²) in [7, 11) is 0. The molecule has 1 amide bonds.